The predicted octanol–water partition coefficient (Wildman–Crippen LogP) is 2.26. The van der Waals surface area contributed by atoms with Crippen molar-refractivity contribution in [3.05, 3.63) is 0 Å². The maximum Gasteiger partial charge on any atom is 0.528 e. The van der Waals surface area contributed by atoms with Crippen molar-refractivity contribution >= 4 is 18.3 Å². The van der Waals surface area contributed by atoms with Gasteiger partial charge in [-0.15, -0.1) is 3.89 Å². The first-order valence-corrected chi connectivity index (χ1v) is 4.96. The normalized spacial score (nSPS) is 34.9. The predicted molar refractivity (Wildman–Crippen MR) is 51.0 cm³/mol. The quantitative estimate of drug-likeness (QED) is 0.375. The van der Waals surface area contributed by atoms with E-state index in [1.54, 1.807) is 0 Å². The second kappa shape index (κ2) is 3.15. The molecule has 1 rings (SSSR count). The Morgan fingerprint density at radius 1 is 1.62 bits per heavy atom. The lowest BCUT2D eigenvalue weighted by Gasteiger charge is -2.38. The van der Waals surface area contributed by atoms with E-state index in [9.17, 15) is 9.90 Å². The molecule has 0 radical (unpaired) electrons. The van der Waals surface area contributed by atoms with Crippen LogP contribution in [0.4, 0.5) is 4.79 Å². The second-order valence-corrected chi connectivity index (χ2v) is 5.28. The van der Waals surface area contributed by atoms with Crippen molar-refractivity contribution in [1.82, 2.24) is 0 Å². The Labute approximate surface area is 82.8 Å². The highest BCUT2D eigenvalue weighted by atomic mass is 32.2. The van der Waals surface area contributed by atoms with E-state index < -0.39 is 6.09 Å². The van der Waals surface area contributed by atoms with Gasteiger partial charge in [0.1, 0.15) is 18.2 Å². The van der Waals surface area contributed by atoms with Crippen LogP contribution in [0.25, 0.3) is 0 Å². The highest BCUT2D eigenvalue weighted by Gasteiger charge is 2.58. The summed E-state index contributed by atoms with van der Waals surface area (Å²) in [7, 11) is 0. The zero-order valence-electron chi connectivity index (χ0n) is 8.40. The second-order valence-electron chi connectivity index (χ2n) is 4.32. The molecule has 5 heteroatoms. The molecule has 1 unspecified atom stereocenters. The average molecular weight is 206 g/mol. The third kappa shape index (κ3) is 1.45. The summed E-state index contributed by atoms with van der Waals surface area (Å²) in [4.78, 5) is 11.3. The molecule has 13 heavy (non-hydrogen) atoms. The minimum absolute atomic E-state index is 0.0116. The number of rotatable bonds is 0. The van der Waals surface area contributed by atoms with Gasteiger partial charge in [0.2, 0.25) is 0 Å². The molecule has 1 aliphatic rings. The highest BCUT2D eigenvalue weighted by Crippen LogP contribution is 2.43. The molecule has 0 saturated carbocycles. The van der Waals surface area contributed by atoms with Crippen LogP contribution in [-0.2, 0) is 4.18 Å². The molecule has 0 spiro atoms. The monoisotopic (exact) mass is 206 g/mol. The van der Waals surface area contributed by atoms with Crippen LogP contribution in [0.2, 0.25) is 0 Å². The van der Waals surface area contributed by atoms with Crippen LogP contribution >= 0.6 is 12.2 Å². The number of hydrogen-bond donors (Lipinski definition) is 1. The van der Waals surface area contributed by atoms with Crippen LogP contribution in [0.3, 0.4) is 0 Å². The molecule has 4 nitrogen and oxygen atoms in total. The van der Waals surface area contributed by atoms with Crippen LogP contribution in [-0.4, -0.2) is 33.3 Å². The molecule has 1 N–H and O–H groups in total. The van der Waals surface area contributed by atoms with Gasteiger partial charge in [-0.05, 0) is 27.7 Å². The molecular formula is C8H16NO3S+. The highest BCUT2D eigenvalue weighted by molar-refractivity contribution is 7.89. The van der Waals surface area contributed by atoms with Gasteiger partial charge in [0.05, 0.1) is 0 Å². The van der Waals surface area contributed by atoms with Gasteiger partial charge in [-0.25, -0.2) is 0 Å². The van der Waals surface area contributed by atoms with Crippen molar-refractivity contribution in [1.29, 1.82) is 0 Å². The Bertz CT molecular complexity index is 226. The van der Waals surface area contributed by atoms with Crippen molar-refractivity contribution in [2.75, 3.05) is 6.61 Å². The zero-order chi connectivity index (χ0) is 10.3. The molecule has 0 bridgehead atoms. The summed E-state index contributed by atoms with van der Waals surface area (Å²) < 4.78 is 5.09. The largest absolute Gasteiger partial charge is 0.528 e. The van der Waals surface area contributed by atoms with Crippen molar-refractivity contribution in [3.8, 4) is 0 Å². The fourth-order valence-corrected chi connectivity index (χ4v) is 2.59. The van der Waals surface area contributed by atoms with Gasteiger partial charge in [-0.1, -0.05) is 0 Å². The maximum absolute atomic E-state index is 11.3. The molecule has 1 saturated heterocycles. The molecule has 0 aromatic carbocycles. The summed E-state index contributed by atoms with van der Waals surface area (Å²) in [6, 6.07) is -0.0116. The van der Waals surface area contributed by atoms with Gasteiger partial charge in [0, 0.05) is 0 Å². The van der Waals surface area contributed by atoms with E-state index in [2.05, 4.69) is 0 Å². The minimum atomic E-state index is -0.831. The summed E-state index contributed by atoms with van der Waals surface area (Å²) >= 11 is 1.05. The number of amides is 1. The van der Waals surface area contributed by atoms with Gasteiger partial charge < -0.3 is 5.11 Å². The first kappa shape index (κ1) is 10.8. The standard InChI is InChI=1S/C8H15NO3S/c1-6-5-12-13-9(6,7(10)11)8(2,3)4/h6H,5H2,1-4H3/p+1/t6-,9?/m1/s1. The van der Waals surface area contributed by atoms with Gasteiger partial charge in [-0.3, -0.25) is 4.18 Å². The Morgan fingerprint density at radius 3 is 2.31 bits per heavy atom. The molecule has 0 aliphatic carbocycles. The molecule has 1 fully saturated rings. The number of carboxylic acid groups (broad SMARTS) is 1. The smallest absolute Gasteiger partial charge is 0.435 e. The summed E-state index contributed by atoms with van der Waals surface area (Å²) in [6.07, 6.45) is -0.831. The molecule has 1 heterocycles. The topological polar surface area (TPSA) is 46.5 Å². The van der Waals surface area contributed by atoms with Crippen molar-refractivity contribution in [2.45, 2.75) is 39.3 Å². The lowest BCUT2D eigenvalue weighted by molar-refractivity contribution is -0.791. The summed E-state index contributed by atoms with van der Waals surface area (Å²) in [6.45, 7) is 8.14. The zero-order valence-corrected chi connectivity index (χ0v) is 9.22. The Hall–Kier alpha value is -0.260. The first-order valence-electron chi connectivity index (χ1n) is 4.26. The Kier molecular flexibility index (Phi) is 2.62. The van der Waals surface area contributed by atoms with E-state index >= 15 is 0 Å². The molecule has 2 atom stereocenters. The third-order valence-corrected chi connectivity index (χ3v) is 3.92. The average Bonchev–Trinajstić information content (AvgIpc) is 2.29. The number of hydrogen-bond acceptors (Lipinski definition) is 3. The minimum Gasteiger partial charge on any atom is -0.435 e. The summed E-state index contributed by atoms with van der Waals surface area (Å²) in [5.41, 5.74) is -0.355. The maximum atomic E-state index is 11.3. The Balaban J connectivity index is 3.08. The molecule has 1 aliphatic heterocycles. The van der Waals surface area contributed by atoms with E-state index in [-0.39, 0.29) is 15.5 Å². The molecular weight excluding hydrogens is 190 g/mol. The van der Waals surface area contributed by atoms with Crippen LogP contribution in [0.15, 0.2) is 0 Å². The first-order chi connectivity index (χ1) is 5.82. The van der Waals surface area contributed by atoms with Crippen molar-refractivity contribution in [2.24, 2.45) is 0 Å². The van der Waals surface area contributed by atoms with Gasteiger partial charge in [0.15, 0.2) is 0 Å². The molecule has 1 amide bonds. The van der Waals surface area contributed by atoms with E-state index in [1.807, 2.05) is 27.7 Å². The van der Waals surface area contributed by atoms with E-state index in [4.69, 9.17) is 4.18 Å². The summed E-state index contributed by atoms with van der Waals surface area (Å²) in [5, 5.41) is 9.24. The van der Waals surface area contributed by atoms with Crippen LogP contribution < -0.4 is 0 Å². The lowest BCUT2D eigenvalue weighted by Crippen LogP contribution is -2.60. The van der Waals surface area contributed by atoms with Gasteiger partial charge in [-0.2, -0.15) is 4.79 Å². The summed E-state index contributed by atoms with van der Waals surface area (Å²) in [5.74, 6) is 0. The van der Waals surface area contributed by atoms with Gasteiger partial charge >= 0.3 is 6.09 Å². The van der Waals surface area contributed by atoms with Crippen LogP contribution in [0, 0.1) is 0 Å². The van der Waals surface area contributed by atoms with E-state index in [0.717, 1.165) is 12.2 Å². The fourth-order valence-electron chi connectivity index (χ4n) is 1.67. The Morgan fingerprint density at radius 2 is 2.15 bits per heavy atom. The number of carbonyl (C=O) groups is 1. The molecule has 0 aromatic heterocycles. The molecule has 76 valence electrons. The fraction of sp³-hybridized carbons (Fsp3) is 0.875. The number of quaternary nitrogens is 1. The van der Waals surface area contributed by atoms with Crippen LogP contribution in [0.1, 0.15) is 27.7 Å². The van der Waals surface area contributed by atoms with Crippen LogP contribution in [0.5, 0.6) is 0 Å². The van der Waals surface area contributed by atoms with Gasteiger partial charge in [0.25, 0.3) is 12.2 Å². The van der Waals surface area contributed by atoms with Crippen molar-refractivity contribution in [3.63, 3.8) is 0 Å². The number of nitrogens with zero attached hydrogens (tertiary/aromatic N) is 1. The van der Waals surface area contributed by atoms with Crippen molar-refractivity contribution < 1.29 is 18.0 Å². The third-order valence-electron chi connectivity index (χ3n) is 2.38. The SMILES string of the molecule is C[C@@H]1COS[N+]1(C(=O)O)C(C)(C)C. The van der Waals surface area contributed by atoms with E-state index in [1.165, 1.54) is 0 Å². The lowest BCUT2D eigenvalue weighted by atomic mass is 10.0. The molecule has 0 aromatic rings. The van der Waals surface area contributed by atoms with E-state index in [0.29, 0.717) is 6.61 Å².